The van der Waals surface area contributed by atoms with Crippen LogP contribution in [0.4, 0.5) is 4.79 Å². The first-order valence-corrected chi connectivity index (χ1v) is 7.95. The van der Waals surface area contributed by atoms with Crippen LogP contribution in [0.25, 0.3) is 6.08 Å². The summed E-state index contributed by atoms with van der Waals surface area (Å²) >= 11 is 1.96. The van der Waals surface area contributed by atoms with Gasteiger partial charge in [-0.2, -0.15) is 0 Å². The fourth-order valence-corrected chi connectivity index (χ4v) is 2.63. The summed E-state index contributed by atoms with van der Waals surface area (Å²) in [7, 11) is 1.16. The Bertz CT molecular complexity index is 775. The summed E-state index contributed by atoms with van der Waals surface area (Å²) in [5, 5.41) is 11.0. The van der Waals surface area contributed by atoms with Crippen molar-refractivity contribution >= 4 is 52.5 Å². The predicted molar refractivity (Wildman–Crippen MR) is 92.5 cm³/mol. The van der Waals surface area contributed by atoms with E-state index in [1.165, 1.54) is 6.08 Å². The van der Waals surface area contributed by atoms with Crippen molar-refractivity contribution in [3.05, 3.63) is 33.0 Å². The molecule has 1 aliphatic rings. The normalized spacial score (nSPS) is 15.3. The van der Waals surface area contributed by atoms with E-state index in [9.17, 15) is 19.2 Å². The van der Waals surface area contributed by atoms with Gasteiger partial charge in [-0.15, -0.1) is 0 Å². The molecule has 0 bridgehead atoms. The van der Waals surface area contributed by atoms with Crippen molar-refractivity contribution in [3.8, 4) is 5.75 Å². The minimum absolute atomic E-state index is 0.0175. The third kappa shape index (κ3) is 4.68. The summed E-state index contributed by atoms with van der Waals surface area (Å²) in [5.41, 5.74) is 0.611. The Labute approximate surface area is 155 Å². The maximum Gasteiger partial charge on any atom is 0.341 e. The number of carbonyl (C=O) groups is 4. The first-order valence-electron chi connectivity index (χ1n) is 6.87. The minimum Gasteiger partial charge on any atom is -0.481 e. The third-order valence-electron chi connectivity index (χ3n) is 3.10. The van der Waals surface area contributed by atoms with Gasteiger partial charge in [0, 0.05) is 0 Å². The van der Waals surface area contributed by atoms with Crippen LogP contribution in [-0.2, 0) is 19.1 Å². The highest BCUT2D eigenvalue weighted by molar-refractivity contribution is 14.1. The van der Waals surface area contributed by atoms with Crippen molar-refractivity contribution in [2.75, 3.05) is 20.3 Å². The molecule has 1 aliphatic heterocycles. The second-order valence-electron chi connectivity index (χ2n) is 4.83. The van der Waals surface area contributed by atoms with Crippen LogP contribution in [-0.4, -0.2) is 54.1 Å². The third-order valence-corrected chi connectivity index (χ3v) is 3.94. The van der Waals surface area contributed by atoms with Gasteiger partial charge in [0.25, 0.3) is 5.91 Å². The number of aliphatic carboxylic acids is 1. The van der Waals surface area contributed by atoms with Gasteiger partial charge in [-0.3, -0.25) is 9.59 Å². The Morgan fingerprint density at radius 3 is 2.68 bits per heavy atom. The van der Waals surface area contributed by atoms with Crippen LogP contribution in [0.15, 0.2) is 23.9 Å². The van der Waals surface area contributed by atoms with Gasteiger partial charge in [0.15, 0.2) is 6.61 Å². The molecule has 3 amide bonds. The predicted octanol–water partition coefficient (Wildman–Crippen LogP) is 0.820. The molecule has 1 aromatic carbocycles. The molecule has 1 fully saturated rings. The SMILES string of the molecule is COC(=O)CN1C(=O)N/C(=C/c2ccc(OCC(=O)O)c(I)c2)C1=O. The average Bonchev–Trinajstić information content (AvgIpc) is 2.81. The number of carboxylic acids is 1. The van der Waals surface area contributed by atoms with Crippen LogP contribution in [0.5, 0.6) is 5.75 Å². The minimum atomic E-state index is -1.09. The average molecular weight is 460 g/mol. The summed E-state index contributed by atoms with van der Waals surface area (Å²) < 4.78 is 10.2. The van der Waals surface area contributed by atoms with Gasteiger partial charge in [0.1, 0.15) is 18.0 Å². The first-order chi connectivity index (χ1) is 11.8. The number of methoxy groups -OCH3 is 1. The molecule has 0 spiro atoms. The van der Waals surface area contributed by atoms with Crippen LogP contribution in [0.1, 0.15) is 5.56 Å². The molecule has 0 aromatic heterocycles. The number of esters is 1. The van der Waals surface area contributed by atoms with Gasteiger partial charge >= 0.3 is 18.0 Å². The van der Waals surface area contributed by atoms with Gasteiger partial charge in [-0.05, 0) is 46.4 Å². The van der Waals surface area contributed by atoms with E-state index >= 15 is 0 Å². The van der Waals surface area contributed by atoms with Crippen LogP contribution in [0.2, 0.25) is 0 Å². The molecule has 0 radical (unpaired) electrons. The topological polar surface area (TPSA) is 122 Å². The number of benzene rings is 1. The fraction of sp³-hybridized carbons (Fsp3) is 0.200. The molecular formula is C15H13IN2O7. The number of nitrogens with one attached hydrogen (secondary N) is 1. The van der Waals surface area contributed by atoms with Crippen molar-refractivity contribution in [1.29, 1.82) is 0 Å². The summed E-state index contributed by atoms with van der Waals surface area (Å²) in [4.78, 5) is 46.5. The van der Waals surface area contributed by atoms with E-state index in [0.29, 0.717) is 14.9 Å². The van der Waals surface area contributed by atoms with E-state index in [1.54, 1.807) is 18.2 Å². The zero-order valence-corrected chi connectivity index (χ0v) is 15.1. The Balaban J connectivity index is 2.16. The van der Waals surface area contributed by atoms with E-state index in [2.05, 4.69) is 10.1 Å². The molecule has 0 saturated carbocycles. The number of nitrogens with zero attached hydrogens (tertiary/aromatic N) is 1. The molecule has 2 N–H and O–H groups in total. The molecule has 9 nitrogen and oxygen atoms in total. The molecule has 1 aromatic rings. The maximum atomic E-state index is 12.2. The molecule has 10 heteroatoms. The number of hydrogen-bond acceptors (Lipinski definition) is 6. The monoisotopic (exact) mass is 460 g/mol. The number of amides is 3. The molecular weight excluding hydrogens is 447 g/mol. The summed E-state index contributed by atoms with van der Waals surface area (Å²) in [5.74, 6) is -2.05. The lowest BCUT2D eigenvalue weighted by Gasteiger charge is -2.09. The molecule has 0 atom stereocenters. The van der Waals surface area contributed by atoms with Crippen LogP contribution in [0.3, 0.4) is 0 Å². The fourth-order valence-electron chi connectivity index (χ4n) is 1.94. The molecule has 1 heterocycles. The Kier molecular flexibility index (Phi) is 5.96. The largest absolute Gasteiger partial charge is 0.481 e. The van der Waals surface area contributed by atoms with Crippen molar-refractivity contribution in [1.82, 2.24) is 10.2 Å². The van der Waals surface area contributed by atoms with Crippen molar-refractivity contribution in [2.24, 2.45) is 0 Å². The summed E-state index contributed by atoms with van der Waals surface area (Å²) in [6.45, 7) is -0.939. The molecule has 1 saturated heterocycles. The number of carbonyl (C=O) groups excluding carboxylic acids is 3. The number of imide groups is 1. The molecule has 0 aliphatic carbocycles. The van der Waals surface area contributed by atoms with E-state index in [1.807, 2.05) is 22.6 Å². The van der Waals surface area contributed by atoms with Crippen LogP contribution in [0, 0.1) is 3.57 Å². The molecule has 0 unspecified atom stereocenters. The summed E-state index contributed by atoms with van der Waals surface area (Å²) in [6.07, 6.45) is 1.45. The van der Waals surface area contributed by atoms with Crippen LogP contribution < -0.4 is 10.1 Å². The zero-order valence-electron chi connectivity index (χ0n) is 12.9. The van der Waals surface area contributed by atoms with Gasteiger partial charge < -0.3 is 19.9 Å². The zero-order chi connectivity index (χ0) is 18.6. The second-order valence-corrected chi connectivity index (χ2v) is 5.99. The van der Waals surface area contributed by atoms with Crippen molar-refractivity contribution in [3.63, 3.8) is 0 Å². The Morgan fingerprint density at radius 2 is 2.08 bits per heavy atom. The van der Waals surface area contributed by atoms with Gasteiger partial charge in [-0.1, -0.05) is 6.07 Å². The Hall–Kier alpha value is -2.63. The van der Waals surface area contributed by atoms with Crippen molar-refractivity contribution < 1.29 is 33.8 Å². The number of rotatable bonds is 6. The number of halogens is 1. The highest BCUT2D eigenvalue weighted by atomic mass is 127. The van der Waals surface area contributed by atoms with E-state index in [4.69, 9.17) is 9.84 Å². The van der Waals surface area contributed by atoms with Gasteiger partial charge in [-0.25, -0.2) is 14.5 Å². The van der Waals surface area contributed by atoms with E-state index in [-0.39, 0.29) is 5.70 Å². The highest BCUT2D eigenvalue weighted by Gasteiger charge is 2.35. The number of ether oxygens (including phenoxy) is 2. The van der Waals surface area contributed by atoms with E-state index < -0.39 is 37.0 Å². The van der Waals surface area contributed by atoms with E-state index in [0.717, 1.165) is 12.0 Å². The number of urea groups is 1. The smallest absolute Gasteiger partial charge is 0.341 e. The number of carboxylic acid groups (broad SMARTS) is 1. The first kappa shape index (κ1) is 18.7. The quantitative estimate of drug-likeness (QED) is 0.279. The lowest BCUT2D eigenvalue weighted by molar-refractivity contribution is -0.143. The number of hydrogen-bond donors (Lipinski definition) is 2. The standard InChI is InChI=1S/C15H13IN2O7/c1-24-13(21)6-18-14(22)10(17-15(18)23)5-8-2-3-11(9(16)4-8)25-7-12(19)20/h2-5H,6-7H2,1H3,(H,17,23)(H,19,20)/b10-5+. The lowest BCUT2D eigenvalue weighted by Crippen LogP contribution is -2.36. The Morgan fingerprint density at radius 1 is 1.36 bits per heavy atom. The second kappa shape index (κ2) is 7.96. The molecule has 132 valence electrons. The lowest BCUT2D eigenvalue weighted by atomic mass is 10.2. The molecule has 25 heavy (non-hydrogen) atoms. The maximum absolute atomic E-state index is 12.2. The van der Waals surface area contributed by atoms with Crippen LogP contribution >= 0.6 is 22.6 Å². The van der Waals surface area contributed by atoms with Gasteiger partial charge in [0.05, 0.1) is 10.7 Å². The highest BCUT2D eigenvalue weighted by Crippen LogP contribution is 2.24. The molecule has 2 rings (SSSR count). The summed E-state index contributed by atoms with van der Waals surface area (Å²) in [6, 6.07) is 4.12. The van der Waals surface area contributed by atoms with Crippen molar-refractivity contribution in [2.45, 2.75) is 0 Å². The van der Waals surface area contributed by atoms with Gasteiger partial charge in [0.2, 0.25) is 0 Å².